The standard InChI is InChI=1S/C11H17N3O4/c1-3-14(4-10-12-7(2)18-13-10)9-6-17-5-8(9)11(15)16/h8-9H,3-6H2,1-2H3,(H,15,16). The van der Waals surface area contributed by atoms with Gasteiger partial charge in [0.05, 0.1) is 25.7 Å². The van der Waals surface area contributed by atoms with Crippen molar-refractivity contribution in [1.29, 1.82) is 0 Å². The molecular formula is C11H17N3O4. The highest BCUT2D eigenvalue weighted by Crippen LogP contribution is 2.21. The number of carboxylic acids is 1. The summed E-state index contributed by atoms with van der Waals surface area (Å²) in [4.78, 5) is 17.3. The van der Waals surface area contributed by atoms with Gasteiger partial charge >= 0.3 is 5.97 Å². The summed E-state index contributed by atoms with van der Waals surface area (Å²) in [6, 6.07) is -0.133. The van der Waals surface area contributed by atoms with Gasteiger partial charge in [-0.1, -0.05) is 12.1 Å². The third-order valence-electron chi connectivity index (χ3n) is 3.16. The molecule has 100 valence electrons. The first-order chi connectivity index (χ1) is 8.61. The minimum Gasteiger partial charge on any atom is -0.481 e. The van der Waals surface area contributed by atoms with Crippen LogP contribution in [-0.4, -0.2) is 51.9 Å². The van der Waals surface area contributed by atoms with E-state index in [0.717, 1.165) is 0 Å². The first-order valence-corrected chi connectivity index (χ1v) is 5.95. The van der Waals surface area contributed by atoms with Crippen molar-refractivity contribution in [3.05, 3.63) is 11.7 Å². The van der Waals surface area contributed by atoms with E-state index in [-0.39, 0.29) is 12.6 Å². The minimum atomic E-state index is -0.819. The number of rotatable bonds is 5. The van der Waals surface area contributed by atoms with Gasteiger partial charge in [-0.05, 0) is 6.54 Å². The Bertz CT molecular complexity index is 420. The van der Waals surface area contributed by atoms with E-state index in [4.69, 9.17) is 14.4 Å². The molecule has 1 saturated heterocycles. The highest BCUT2D eigenvalue weighted by atomic mass is 16.5. The van der Waals surface area contributed by atoms with Crippen LogP contribution in [0.3, 0.4) is 0 Å². The molecule has 2 rings (SSSR count). The predicted molar refractivity (Wildman–Crippen MR) is 60.9 cm³/mol. The Balaban J connectivity index is 2.06. The maximum absolute atomic E-state index is 11.1. The predicted octanol–water partition coefficient (Wildman–Crippen LogP) is 0.300. The average molecular weight is 255 g/mol. The number of aliphatic carboxylic acids is 1. The maximum atomic E-state index is 11.1. The van der Waals surface area contributed by atoms with Crippen LogP contribution in [0.5, 0.6) is 0 Å². The number of nitrogens with zero attached hydrogens (tertiary/aromatic N) is 3. The third-order valence-corrected chi connectivity index (χ3v) is 3.16. The quantitative estimate of drug-likeness (QED) is 0.809. The van der Waals surface area contributed by atoms with Crippen LogP contribution < -0.4 is 0 Å². The van der Waals surface area contributed by atoms with E-state index >= 15 is 0 Å². The van der Waals surface area contributed by atoms with Gasteiger partial charge in [-0.15, -0.1) is 0 Å². The van der Waals surface area contributed by atoms with Crippen LogP contribution in [0.4, 0.5) is 0 Å². The van der Waals surface area contributed by atoms with Crippen LogP contribution in [0.2, 0.25) is 0 Å². The molecule has 1 N–H and O–H groups in total. The van der Waals surface area contributed by atoms with E-state index in [2.05, 4.69) is 10.1 Å². The number of hydrogen-bond acceptors (Lipinski definition) is 6. The lowest BCUT2D eigenvalue weighted by atomic mass is 10.0. The van der Waals surface area contributed by atoms with Gasteiger partial charge in [-0.25, -0.2) is 0 Å². The molecule has 7 nitrogen and oxygen atoms in total. The van der Waals surface area contributed by atoms with E-state index < -0.39 is 11.9 Å². The molecule has 2 atom stereocenters. The van der Waals surface area contributed by atoms with Crippen LogP contribution in [0.25, 0.3) is 0 Å². The van der Waals surface area contributed by atoms with Crippen molar-refractivity contribution in [3.63, 3.8) is 0 Å². The van der Waals surface area contributed by atoms with Gasteiger partial charge in [0.1, 0.15) is 0 Å². The molecule has 0 aliphatic carbocycles. The van der Waals surface area contributed by atoms with Crippen molar-refractivity contribution in [1.82, 2.24) is 15.0 Å². The molecule has 0 spiro atoms. The van der Waals surface area contributed by atoms with E-state index in [1.807, 2.05) is 11.8 Å². The Morgan fingerprint density at radius 2 is 2.33 bits per heavy atom. The Hall–Kier alpha value is -1.47. The van der Waals surface area contributed by atoms with E-state index in [9.17, 15) is 4.79 Å². The molecule has 2 unspecified atom stereocenters. The summed E-state index contributed by atoms with van der Waals surface area (Å²) in [5.74, 6) is -0.220. The van der Waals surface area contributed by atoms with Crippen molar-refractivity contribution in [2.45, 2.75) is 26.4 Å². The van der Waals surface area contributed by atoms with Gasteiger partial charge in [0.2, 0.25) is 5.89 Å². The second-order valence-corrected chi connectivity index (χ2v) is 4.34. The fourth-order valence-corrected chi connectivity index (χ4v) is 2.19. The molecule has 2 heterocycles. The summed E-state index contributed by atoms with van der Waals surface area (Å²) in [6.07, 6.45) is 0. The fourth-order valence-electron chi connectivity index (χ4n) is 2.19. The van der Waals surface area contributed by atoms with Crippen molar-refractivity contribution in [2.24, 2.45) is 5.92 Å². The van der Waals surface area contributed by atoms with Gasteiger partial charge in [0, 0.05) is 13.0 Å². The minimum absolute atomic E-state index is 0.133. The second kappa shape index (κ2) is 5.45. The molecule has 0 amide bonds. The number of aryl methyl sites for hydroxylation is 1. The SMILES string of the molecule is CCN(Cc1noc(C)n1)C1COCC1C(=O)O. The van der Waals surface area contributed by atoms with Crippen LogP contribution in [0, 0.1) is 12.8 Å². The number of carbonyl (C=O) groups is 1. The highest BCUT2D eigenvalue weighted by molar-refractivity contribution is 5.71. The van der Waals surface area contributed by atoms with Gasteiger partial charge in [0.15, 0.2) is 5.82 Å². The van der Waals surface area contributed by atoms with E-state index in [1.165, 1.54) is 0 Å². The molecule has 1 aromatic rings. The zero-order chi connectivity index (χ0) is 13.1. The van der Waals surface area contributed by atoms with Gasteiger partial charge in [-0.3, -0.25) is 9.69 Å². The third kappa shape index (κ3) is 2.68. The zero-order valence-corrected chi connectivity index (χ0v) is 10.5. The molecule has 1 aliphatic rings. The molecule has 0 saturated carbocycles. The first-order valence-electron chi connectivity index (χ1n) is 5.95. The number of ether oxygens (including phenoxy) is 1. The summed E-state index contributed by atoms with van der Waals surface area (Å²) >= 11 is 0. The Morgan fingerprint density at radius 1 is 1.56 bits per heavy atom. The molecule has 1 fully saturated rings. The van der Waals surface area contributed by atoms with E-state index in [1.54, 1.807) is 6.92 Å². The summed E-state index contributed by atoms with van der Waals surface area (Å²) in [6.45, 7) is 5.59. The summed E-state index contributed by atoms with van der Waals surface area (Å²) in [5, 5.41) is 13.0. The van der Waals surface area contributed by atoms with Crippen molar-refractivity contribution in [3.8, 4) is 0 Å². The smallest absolute Gasteiger partial charge is 0.310 e. The van der Waals surface area contributed by atoms with Gasteiger partial charge < -0.3 is 14.4 Å². The lowest BCUT2D eigenvalue weighted by Crippen LogP contribution is -2.42. The number of hydrogen-bond donors (Lipinski definition) is 1. The second-order valence-electron chi connectivity index (χ2n) is 4.34. The van der Waals surface area contributed by atoms with Crippen molar-refractivity contribution < 1.29 is 19.2 Å². The van der Waals surface area contributed by atoms with E-state index in [0.29, 0.717) is 31.4 Å². The van der Waals surface area contributed by atoms with Crippen molar-refractivity contribution in [2.75, 3.05) is 19.8 Å². The maximum Gasteiger partial charge on any atom is 0.310 e. The summed E-state index contributed by atoms with van der Waals surface area (Å²) < 4.78 is 10.2. The average Bonchev–Trinajstić information content (AvgIpc) is 2.94. The molecule has 1 aromatic heterocycles. The normalized spacial score (nSPS) is 23.7. The number of likely N-dealkylation sites (N-methyl/N-ethyl adjacent to an activating group) is 1. The van der Waals surface area contributed by atoms with Crippen molar-refractivity contribution >= 4 is 5.97 Å². The molecule has 0 radical (unpaired) electrons. The first kappa shape index (κ1) is 13.0. The highest BCUT2D eigenvalue weighted by Gasteiger charge is 2.37. The van der Waals surface area contributed by atoms with Gasteiger partial charge in [-0.2, -0.15) is 4.98 Å². The zero-order valence-electron chi connectivity index (χ0n) is 10.5. The number of carboxylic acid groups (broad SMARTS) is 1. The van der Waals surface area contributed by atoms with Crippen LogP contribution in [-0.2, 0) is 16.1 Å². The topological polar surface area (TPSA) is 88.7 Å². The monoisotopic (exact) mass is 255 g/mol. The Morgan fingerprint density at radius 3 is 2.89 bits per heavy atom. The summed E-state index contributed by atoms with van der Waals surface area (Å²) in [7, 11) is 0. The van der Waals surface area contributed by atoms with Crippen LogP contribution >= 0.6 is 0 Å². The molecule has 1 aliphatic heterocycles. The molecule has 0 aromatic carbocycles. The van der Waals surface area contributed by atoms with Crippen LogP contribution in [0.15, 0.2) is 4.52 Å². The Kier molecular flexibility index (Phi) is 3.93. The summed E-state index contributed by atoms with van der Waals surface area (Å²) in [5.41, 5.74) is 0. The molecular weight excluding hydrogens is 238 g/mol. The number of aromatic nitrogens is 2. The lowest BCUT2D eigenvalue weighted by Gasteiger charge is -2.27. The molecule has 0 bridgehead atoms. The lowest BCUT2D eigenvalue weighted by molar-refractivity contribution is -0.143. The Labute approximate surface area is 105 Å². The fraction of sp³-hybridized carbons (Fsp3) is 0.727. The van der Waals surface area contributed by atoms with Gasteiger partial charge in [0.25, 0.3) is 0 Å². The molecule has 18 heavy (non-hydrogen) atoms. The van der Waals surface area contributed by atoms with Crippen LogP contribution in [0.1, 0.15) is 18.6 Å². The largest absolute Gasteiger partial charge is 0.481 e. The molecule has 7 heteroatoms.